The number of hydrogen-bond donors (Lipinski definition) is 0. The van der Waals surface area contributed by atoms with Gasteiger partial charge in [0.2, 0.25) is 0 Å². The third-order valence-electron chi connectivity index (χ3n) is 4.44. The topological polar surface area (TPSA) is 26.3 Å². The van der Waals surface area contributed by atoms with Gasteiger partial charge in [-0.2, -0.15) is 0 Å². The van der Waals surface area contributed by atoms with Crippen LogP contribution in [0.4, 0.5) is 0 Å². The van der Waals surface area contributed by atoms with Crippen molar-refractivity contribution in [3.8, 4) is 0 Å². The lowest BCUT2D eigenvalue weighted by molar-refractivity contribution is -0.884. The molecule has 1 atom stereocenters. The number of carbonyl (C=O) groups is 1. The summed E-state index contributed by atoms with van der Waals surface area (Å²) < 4.78 is 5.56. The SMILES string of the molecule is CCC(C)(C)C(=O)OC.CCC(C)c1ccc(C[N+](C)(C)C)cc1. The number of benzene rings is 1. The highest BCUT2D eigenvalue weighted by Crippen LogP contribution is 2.20. The molecule has 0 saturated carbocycles. The van der Waals surface area contributed by atoms with E-state index in [1.54, 1.807) is 0 Å². The van der Waals surface area contributed by atoms with Gasteiger partial charge < -0.3 is 9.22 Å². The summed E-state index contributed by atoms with van der Waals surface area (Å²) in [6, 6.07) is 9.09. The second-order valence-corrected chi connectivity index (χ2v) is 8.23. The summed E-state index contributed by atoms with van der Waals surface area (Å²) in [5.74, 6) is 0.549. The molecule has 0 fully saturated rings. The van der Waals surface area contributed by atoms with Gasteiger partial charge in [-0.05, 0) is 38.2 Å². The number of quaternary nitrogens is 1. The molecular formula is C21H38NO2+. The number of nitrogens with zero attached hydrogens (tertiary/aromatic N) is 1. The highest BCUT2D eigenvalue weighted by atomic mass is 16.5. The summed E-state index contributed by atoms with van der Waals surface area (Å²) in [5.41, 5.74) is 2.58. The van der Waals surface area contributed by atoms with Gasteiger partial charge in [-0.25, -0.2) is 0 Å². The van der Waals surface area contributed by atoms with Crippen molar-refractivity contribution >= 4 is 5.97 Å². The van der Waals surface area contributed by atoms with Gasteiger partial charge in [0.05, 0.1) is 33.7 Å². The summed E-state index contributed by atoms with van der Waals surface area (Å²) in [4.78, 5) is 10.8. The molecule has 1 rings (SSSR count). The molecule has 0 spiro atoms. The largest absolute Gasteiger partial charge is 0.469 e. The van der Waals surface area contributed by atoms with Gasteiger partial charge in [0, 0.05) is 5.56 Å². The molecule has 0 amide bonds. The van der Waals surface area contributed by atoms with E-state index in [9.17, 15) is 4.79 Å². The summed E-state index contributed by atoms with van der Waals surface area (Å²) in [6.45, 7) is 11.3. The Morgan fingerprint density at radius 3 is 1.92 bits per heavy atom. The Hall–Kier alpha value is -1.35. The normalized spacial score (nSPS) is 12.9. The molecule has 1 aromatic rings. The van der Waals surface area contributed by atoms with Gasteiger partial charge >= 0.3 is 5.97 Å². The summed E-state index contributed by atoms with van der Waals surface area (Å²) in [7, 11) is 8.09. The minimum Gasteiger partial charge on any atom is -0.469 e. The number of methoxy groups -OCH3 is 1. The van der Waals surface area contributed by atoms with Crippen LogP contribution in [0.3, 0.4) is 0 Å². The van der Waals surface area contributed by atoms with Crippen LogP contribution in [-0.2, 0) is 16.1 Å². The fourth-order valence-electron chi connectivity index (χ4n) is 2.16. The molecule has 1 aromatic carbocycles. The summed E-state index contributed by atoms with van der Waals surface area (Å²) in [5, 5.41) is 0. The zero-order chi connectivity index (χ0) is 19.0. The predicted octanol–water partition coefficient (Wildman–Crippen LogP) is 5.00. The quantitative estimate of drug-likeness (QED) is 0.539. The molecule has 138 valence electrons. The zero-order valence-corrected chi connectivity index (χ0v) is 17.3. The third-order valence-corrected chi connectivity index (χ3v) is 4.44. The molecule has 1 unspecified atom stereocenters. The van der Waals surface area contributed by atoms with E-state index in [0.29, 0.717) is 5.92 Å². The maximum atomic E-state index is 10.8. The van der Waals surface area contributed by atoms with E-state index in [-0.39, 0.29) is 11.4 Å². The van der Waals surface area contributed by atoms with Crippen LogP contribution in [0.25, 0.3) is 0 Å². The van der Waals surface area contributed by atoms with E-state index < -0.39 is 0 Å². The minimum atomic E-state index is -0.311. The first-order valence-corrected chi connectivity index (χ1v) is 8.94. The van der Waals surface area contributed by atoms with Crippen molar-refractivity contribution in [3.63, 3.8) is 0 Å². The molecule has 0 aromatic heterocycles. The number of ether oxygens (including phenoxy) is 1. The smallest absolute Gasteiger partial charge is 0.311 e. The van der Waals surface area contributed by atoms with Crippen LogP contribution in [-0.4, -0.2) is 38.7 Å². The maximum absolute atomic E-state index is 10.8. The van der Waals surface area contributed by atoms with Crippen molar-refractivity contribution in [2.45, 2.75) is 59.9 Å². The number of esters is 1. The molecule has 3 heteroatoms. The second-order valence-electron chi connectivity index (χ2n) is 8.23. The molecule has 0 aliphatic heterocycles. The first kappa shape index (κ1) is 22.6. The van der Waals surface area contributed by atoms with Crippen LogP contribution in [0.15, 0.2) is 24.3 Å². The molecule has 0 N–H and O–H groups in total. The van der Waals surface area contributed by atoms with E-state index in [0.717, 1.165) is 17.4 Å². The predicted molar refractivity (Wildman–Crippen MR) is 103 cm³/mol. The monoisotopic (exact) mass is 336 g/mol. The molecule has 0 radical (unpaired) electrons. The van der Waals surface area contributed by atoms with Crippen molar-refractivity contribution in [1.29, 1.82) is 0 Å². The van der Waals surface area contributed by atoms with Crippen LogP contribution in [0, 0.1) is 5.41 Å². The summed E-state index contributed by atoms with van der Waals surface area (Å²) >= 11 is 0. The van der Waals surface area contributed by atoms with E-state index in [1.165, 1.54) is 24.7 Å². The average molecular weight is 337 g/mol. The zero-order valence-electron chi connectivity index (χ0n) is 17.3. The lowest BCUT2D eigenvalue weighted by Gasteiger charge is -2.24. The standard InChI is InChI=1S/C14H24N.C7H14O2/c1-6-12(2)14-9-7-13(8-10-14)11-15(3,4)5;1-5-7(2,3)6(8)9-4/h7-10,12H,6,11H2,1-5H3;5H2,1-4H3/q+1;. The fourth-order valence-corrected chi connectivity index (χ4v) is 2.16. The highest BCUT2D eigenvalue weighted by molar-refractivity contribution is 5.75. The van der Waals surface area contributed by atoms with Gasteiger partial charge in [-0.3, -0.25) is 4.79 Å². The van der Waals surface area contributed by atoms with Crippen molar-refractivity contribution in [2.75, 3.05) is 28.3 Å². The van der Waals surface area contributed by atoms with Gasteiger partial charge in [0.25, 0.3) is 0 Å². The Morgan fingerprint density at radius 1 is 1.12 bits per heavy atom. The molecule has 0 aliphatic rings. The fraction of sp³-hybridized carbons (Fsp3) is 0.667. The van der Waals surface area contributed by atoms with Crippen molar-refractivity contribution in [1.82, 2.24) is 0 Å². The molecule has 0 bridgehead atoms. The highest BCUT2D eigenvalue weighted by Gasteiger charge is 2.25. The minimum absolute atomic E-state index is 0.134. The second kappa shape index (κ2) is 9.83. The Balaban J connectivity index is 0.000000506. The molecular weight excluding hydrogens is 298 g/mol. The van der Waals surface area contributed by atoms with Crippen molar-refractivity contribution < 1.29 is 14.0 Å². The lowest BCUT2D eigenvalue weighted by atomic mass is 9.91. The summed E-state index contributed by atoms with van der Waals surface area (Å²) in [6.07, 6.45) is 2.04. The maximum Gasteiger partial charge on any atom is 0.311 e. The van der Waals surface area contributed by atoms with Crippen LogP contribution >= 0.6 is 0 Å². The van der Waals surface area contributed by atoms with Crippen LogP contribution in [0.1, 0.15) is 64.5 Å². The molecule has 0 heterocycles. The van der Waals surface area contributed by atoms with Crippen LogP contribution in [0.5, 0.6) is 0 Å². The molecule has 0 saturated heterocycles. The Morgan fingerprint density at radius 2 is 1.62 bits per heavy atom. The first-order chi connectivity index (χ1) is 11.0. The first-order valence-electron chi connectivity index (χ1n) is 8.94. The van der Waals surface area contributed by atoms with Gasteiger partial charge in [0.15, 0.2) is 0 Å². The number of carbonyl (C=O) groups excluding carboxylic acids is 1. The van der Waals surface area contributed by atoms with Gasteiger partial charge in [0.1, 0.15) is 6.54 Å². The van der Waals surface area contributed by atoms with Crippen LogP contribution in [0.2, 0.25) is 0 Å². The molecule has 3 nitrogen and oxygen atoms in total. The van der Waals surface area contributed by atoms with E-state index in [4.69, 9.17) is 0 Å². The lowest BCUT2D eigenvalue weighted by Crippen LogP contribution is -2.33. The molecule has 0 aliphatic carbocycles. The van der Waals surface area contributed by atoms with Crippen LogP contribution < -0.4 is 0 Å². The van der Waals surface area contributed by atoms with Crippen molar-refractivity contribution in [3.05, 3.63) is 35.4 Å². The number of hydrogen-bond acceptors (Lipinski definition) is 2. The third kappa shape index (κ3) is 8.49. The average Bonchev–Trinajstić information content (AvgIpc) is 2.53. The Bertz CT molecular complexity index is 484. The Kier molecular flexibility index (Phi) is 9.27. The number of rotatable bonds is 6. The van der Waals surface area contributed by atoms with E-state index in [2.05, 4.69) is 64.0 Å². The van der Waals surface area contributed by atoms with E-state index >= 15 is 0 Å². The van der Waals surface area contributed by atoms with Gasteiger partial charge in [-0.1, -0.05) is 45.0 Å². The Labute approximate surface area is 149 Å². The van der Waals surface area contributed by atoms with E-state index in [1.807, 2.05) is 20.8 Å². The molecule has 24 heavy (non-hydrogen) atoms. The van der Waals surface area contributed by atoms with Gasteiger partial charge in [-0.15, -0.1) is 0 Å². The van der Waals surface area contributed by atoms with Crippen molar-refractivity contribution in [2.24, 2.45) is 5.41 Å².